The van der Waals surface area contributed by atoms with Crippen LogP contribution in [0.5, 0.6) is 5.75 Å². The summed E-state index contributed by atoms with van der Waals surface area (Å²) in [6, 6.07) is 14.2. The molecule has 0 spiro atoms. The van der Waals surface area contributed by atoms with E-state index >= 15 is 0 Å². The van der Waals surface area contributed by atoms with Gasteiger partial charge in [0.15, 0.2) is 0 Å². The number of rotatable bonds is 3. The SMILES string of the molecule is Nc1cccc(OS(=O)(=O)c2ccccc2)c1. The lowest BCUT2D eigenvalue weighted by molar-refractivity contribution is 0.486. The van der Waals surface area contributed by atoms with Gasteiger partial charge in [-0.25, -0.2) is 0 Å². The highest BCUT2D eigenvalue weighted by molar-refractivity contribution is 7.87. The molecule has 0 bridgehead atoms. The fourth-order valence-electron chi connectivity index (χ4n) is 1.33. The van der Waals surface area contributed by atoms with Gasteiger partial charge in [0.05, 0.1) is 0 Å². The molecular formula is C12H11NO3S. The second kappa shape index (κ2) is 4.47. The van der Waals surface area contributed by atoms with Crippen LogP contribution in [0, 0.1) is 0 Å². The van der Waals surface area contributed by atoms with Crippen LogP contribution in [0.4, 0.5) is 5.69 Å². The van der Waals surface area contributed by atoms with Gasteiger partial charge in [-0.15, -0.1) is 0 Å². The quantitative estimate of drug-likeness (QED) is 0.667. The van der Waals surface area contributed by atoms with Crippen LogP contribution in [-0.2, 0) is 10.1 Å². The van der Waals surface area contributed by atoms with E-state index in [0.717, 1.165) is 0 Å². The lowest BCUT2D eigenvalue weighted by Gasteiger charge is -2.06. The van der Waals surface area contributed by atoms with Crippen LogP contribution >= 0.6 is 0 Å². The fourth-order valence-corrected chi connectivity index (χ4v) is 2.27. The molecule has 2 rings (SSSR count). The molecule has 0 amide bonds. The molecule has 4 nitrogen and oxygen atoms in total. The summed E-state index contributed by atoms with van der Waals surface area (Å²) in [5.41, 5.74) is 5.99. The molecule has 0 aromatic heterocycles. The van der Waals surface area contributed by atoms with E-state index in [4.69, 9.17) is 9.92 Å². The standard InChI is InChI=1S/C12H11NO3S/c13-10-5-4-6-11(9-10)16-17(14,15)12-7-2-1-3-8-12/h1-9H,13H2. The topological polar surface area (TPSA) is 69.4 Å². The van der Waals surface area contributed by atoms with Gasteiger partial charge in [0.1, 0.15) is 10.6 Å². The molecule has 2 aromatic carbocycles. The Kier molecular flexibility index (Phi) is 3.01. The van der Waals surface area contributed by atoms with Crippen LogP contribution in [-0.4, -0.2) is 8.42 Å². The molecule has 0 heterocycles. The first kappa shape index (κ1) is 11.5. The van der Waals surface area contributed by atoms with Crippen molar-refractivity contribution in [1.82, 2.24) is 0 Å². The Hall–Kier alpha value is -2.01. The zero-order chi connectivity index (χ0) is 12.3. The zero-order valence-corrected chi connectivity index (χ0v) is 9.72. The maximum atomic E-state index is 11.8. The van der Waals surface area contributed by atoms with E-state index in [1.165, 1.54) is 24.3 Å². The van der Waals surface area contributed by atoms with E-state index in [1.54, 1.807) is 30.3 Å². The van der Waals surface area contributed by atoms with Gasteiger partial charge in [-0.2, -0.15) is 8.42 Å². The molecule has 17 heavy (non-hydrogen) atoms. The Morgan fingerprint density at radius 3 is 2.29 bits per heavy atom. The van der Waals surface area contributed by atoms with Gasteiger partial charge in [0.25, 0.3) is 0 Å². The molecule has 2 N–H and O–H groups in total. The lowest BCUT2D eigenvalue weighted by Crippen LogP contribution is -2.09. The summed E-state index contributed by atoms with van der Waals surface area (Å²) < 4.78 is 28.7. The van der Waals surface area contributed by atoms with Crippen molar-refractivity contribution in [3.63, 3.8) is 0 Å². The minimum Gasteiger partial charge on any atom is -0.399 e. The summed E-state index contributed by atoms with van der Waals surface area (Å²) >= 11 is 0. The third kappa shape index (κ3) is 2.76. The van der Waals surface area contributed by atoms with Crippen LogP contribution in [0.25, 0.3) is 0 Å². The Morgan fingerprint density at radius 1 is 0.941 bits per heavy atom. The van der Waals surface area contributed by atoms with Crippen LogP contribution in [0.3, 0.4) is 0 Å². The van der Waals surface area contributed by atoms with Crippen LogP contribution < -0.4 is 9.92 Å². The van der Waals surface area contributed by atoms with Gasteiger partial charge < -0.3 is 9.92 Å². The normalized spacial score (nSPS) is 11.1. The predicted octanol–water partition coefficient (Wildman–Crippen LogP) is 2.04. The van der Waals surface area contributed by atoms with Crippen molar-refractivity contribution in [1.29, 1.82) is 0 Å². The van der Waals surface area contributed by atoms with Gasteiger partial charge in [-0.05, 0) is 24.3 Å². The highest BCUT2D eigenvalue weighted by Gasteiger charge is 2.15. The van der Waals surface area contributed by atoms with Crippen molar-refractivity contribution >= 4 is 15.8 Å². The molecule has 0 aliphatic rings. The molecular weight excluding hydrogens is 238 g/mol. The first-order valence-electron chi connectivity index (χ1n) is 4.93. The summed E-state index contributed by atoms with van der Waals surface area (Å²) in [6.45, 7) is 0. The second-order valence-corrected chi connectivity index (χ2v) is 4.97. The number of benzene rings is 2. The minimum atomic E-state index is -3.79. The summed E-state index contributed by atoms with van der Waals surface area (Å²) in [6.07, 6.45) is 0. The molecule has 0 aliphatic heterocycles. The van der Waals surface area contributed by atoms with E-state index < -0.39 is 10.1 Å². The third-order valence-electron chi connectivity index (χ3n) is 2.10. The number of hydrogen-bond acceptors (Lipinski definition) is 4. The first-order chi connectivity index (χ1) is 8.08. The average molecular weight is 249 g/mol. The maximum absolute atomic E-state index is 11.8. The van der Waals surface area contributed by atoms with E-state index in [9.17, 15) is 8.42 Å². The summed E-state index contributed by atoms with van der Waals surface area (Å²) in [5.74, 6) is 0.203. The average Bonchev–Trinajstić information content (AvgIpc) is 2.29. The Balaban J connectivity index is 2.30. The smallest absolute Gasteiger partial charge is 0.339 e. The molecule has 0 radical (unpaired) electrons. The molecule has 0 saturated heterocycles. The fraction of sp³-hybridized carbons (Fsp3) is 0. The number of nitrogen functional groups attached to an aromatic ring is 1. The van der Waals surface area contributed by atoms with Gasteiger partial charge in [0, 0.05) is 11.8 Å². The molecule has 0 atom stereocenters. The Labute approximate surface area is 99.8 Å². The Bertz CT molecular complexity index is 609. The van der Waals surface area contributed by atoms with E-state index in [2.05, 4.69) is 0 Å². The van der Waals surface area contributed by atoms with Crippen molar-refractivity contribution in [2.75, 3.05) is 5.73 Å². The predicted molar refractivity (Wildman–Crippen MR) is 65.1 cm³/mol. The zero-order valence-electron chi connectivity index (χ0n) is 8.91. The van der Waals surface area contributed by atoms with Gasteiger partial charge >= 0.3 is 10.1 Å². The van der Waals surface area contributed by atoms with Gasteiger partial charge in [-0.1, -0.05) is 24.3 Å². The largest absolute Gasteiger partial charge is 0.399 e. The van der Waals surface area contributed by atoms with Crippen molar-refractivity contribution in [3.05, 3.63) is 54.6 Å². The maximum Gasteiger partial charge on any atom is 0.339 e. The monoisotopic (exact) mass is 249 g/mol. The van der Waals surface area contributed by atoms with E-state index in [0.29, 0.717) is 5.69 Å². The van der Waals surface area contributed by atoms with E-state index in [-0.39, 0.29) is 10.6 Å². The van der Waals surface area contributed by atoms with E-state index in [1.807, 2.05) is 0 Å². The van der Waals surface area contributed by atoms with Gasteiger partial charge in [0.2, 0.25) is 0 Å². The molecule has 0 aliphatic carbocycles. The van der Waals surface area contributed by atoms with Gasteiger partial charge in [-0.3, -0.25) is 0 Å². The highest BCUT2D eigenvalue weighted by Crippen LogP contribution is 2.20. The van der Waals surface area contributed by atoms with Crippen LogP contribution in [0.2, 0.25) is 0 Å². The number of nitrogens with two attached hydrogens (primary N) is 1. The lowest BCUT2D eigenvalue weighted by atomic mass is 10.3. The number of anilines is 1. The highest BCUT2D eigenvalue weighted by atomic mass is 32.2. The van der Waals surface area contributed by atoms with Crippen molar-refractivity contribution in [2.45, 2.75) is 4.90 Å². The number of hydrogen-bond donors (Lipinski definition) is 1. The molecule has 0 fully saturated rings. The van der Waals surface area contributed by atoms with Crippen molar-refractivity contribution in [2.24, 2.45) is 0 Å². The molecule has 88 valence electrons. The van der Waals surface area contributed by atoms with Crippen molar-refractivity contribution in [3.8, 4) is 5.75 Å². The summed E-state index contributed by atoms with van der Waals surface area (Å²) in [7, 11) is -3.79. The molecule has 2 aromatic rings. The minimum absolute atomic E-state index is 0.113. The van der Waals surface area contributed by atoms with Crippen LogP contribution in [0.15, 0.2) is 59.5 Å². The molecule has 0 saturated carbocycles. The van der Waals surface area contributed by atoms with Crippen LogP contribution in [0.1, 0.15) is 0 Å². The second-order valence-electron chi connectivity index (χ2n) is 3.42. The molecule has 0 unspecified atom stereocenters. The Morgan fingerprint density at radius 2 is 1.65 bits per heavy atom. The molecule has 5 heteroatoms. The first-order valence-corrected chi connectivity index (χ1v) is 6.34. The van der Waals surface area contributed by atoms with Crippen molar-refractivity contribution < 1.29 is 12.6 Å². The summed E-state index contributed by atoms with van der Waals surface area (Å²) in [4.78, 5) is 0.113. The third-order valence-corrected chi connectivity index (χ3v) is 3.36. The summed E-state index contributed by atoms with van der Waals surface area (Å²) in [5, 5.41) is 0.